The number of ether oxygens (including phenoxy) is 1. The second-order valence-electron chi connectivity index (χ2n) is 7.85. The van der Waals surface area contributed by atoms with Crippen LogP contribution in [0, 0.1) is 0 Å². The van der Waals surface area contributed by atoms with E-state index in [0.29, 0.717) is 11.1 Å². The van der Waals surface area contributed by atoms with Crippen LogP contribution in [0.5, 0.6) is 0 Å². The van der Waals surface area contributed by atoms with Crippen LogP contribution in [-0.4, -0.2) is 31.8 Å². The van der Waals surface area contributed by atoms with Gasteiger partial charge in [-0.3, -0.25) is 19.0 Å². The van der Waals surface area contributed by atoms with E-state index in [1.807, 2.05) is 0 Å². The molecule has 8 nitrogen and oxygen atoms in total. The smallest absolute Gasteiger partial charge is 0.336 e. The zero-order chi connectivity index (χ0) is 22.1. The topological polar surface area (TPSA) is 108 Å². The van der Waals surface area contributed by atoms with Crippen LogP contribution in [0.25, 0.3) is 16.6 Å². The summed E-state index contributed by atoms with van der Waals surface area (Å²) >= 11 is 0. The molecule has 2 aromatic carbocycles. The van der Waals surface area contributed by atoms with Crippen molar-refractivity contribution in [1.29, 1.82) is 0 Å². The van der Waals surface area contributed by atoms with Crippen molar-refractivity contribution < 1.29 is 19.4 Å². The van der Waals surface area contributed by atoms with Crippen LogP contribution in [0.3, 0.4) is 0 Å². The highest BCUT2D eigenvalue weighted by molar-refractivity contribution is 5.80. The number of hydrogen-bond donors (Lipinski definition) is 1. The highest BCUT2D eigenvalue weighted by Gasteiger charge is 2.20. The van der Waals surface area contributed by atoms with Gasteiger partial charge in [-0.1, -0.05) is 24.3 Å². The van der Waals surface area contributed by atoms with Crippen LogP contribution in [0.2, 0.25) is 0 Å². The Morgan fingerprint density at radius 1 is 1.00 bits per heavy atom. The molecule has 30 heavy (non-hydrogen) atoms. The lowest BCUT2D eigenvalue weighted by Gasteiger charge is -2.20. The number of carbonyl (C=O) groups excluding carboxylic acids is 1. The summed E-state index contributed by atoms with van der Waals surface area (Å²) in [4.78, 5) is 49.5. The average molecular weight is 410 g/mol. The molecule has 0 fully saturated rings. The van der Waals surface area contributed by atoms with Crippen LogP contribution < -0.4 is 11.2 Å². The fourth-order valence-electron chi connectivity index (χ4n) is 3.14. The third kappa shape index (κ3) is 4.48. The maximum Gasteiger partial charge on any atom is 0.336 e. The van der Waals surface area contributed by atoms with E-state index < -0.39 is 28.8 Å². The molecule has 0 amide bonds. The van der Waals surface area contributed by atoms with Crippen LogP contribution in [0.15, 0.2) is 58.1 Å². The Morgan fingerprint density at radius 3 is 2.23 bits per heavy atom. The molecule has 3 rings (SSSR count). The van der Waals surface area contributed by atoms with Gasteiger partial charge in [-0.05, 0) is 50.6 Å². The molecule has 1 heterocycles. The molecule has 0 atom stereocenters. The van der Waals surface area contributed by atoms with Gasteiger partial charge >= 0.3 is 17.6 Å². The predicted molar refractivity (Wildman–Crippen MR) is 111 cm³/mol. The number of hydrogen-bond acceptors (Lipinski definition) is 5. The Hall–Kier alpha value is -3.68. The second-order valence-corrected chi connectivity index (χ2v) is 7.85. The third-order valence-electron chi connectivity index (χ3n) is 4.31. The van der Waals surface area contributed by atoms with E-state index in [9.17, 15) is 19.2 Å². The fraction of sp³-hybridized carbons (Fsp3) is 0.273. The monoisotopic (exact) mass is 410 g/mol. The summed E-state index contributed by atoms with van der Waals surface area (Å²) in [5, 5.41) is 9.18. The Bertz CT molecular complexity index is 1230. The number of aliphatic carboxylic acids is 1. The largest absolute Gasteiger partial charge is 0.481 e. The number of carboxylic acids is 1. The average Bonchev–Trinajstić information content (AvgIpc) is 2.65. The van der Waals surface area contributed by atoms with E-state index in [4.69, 9.17) is 9.84 Å². The molecule has 0 spiro atoms. The van der Waals surface area contributed by atoms with E-state index >= 15 is 0 Å². The third-order valence-corrected chi connectivity index (χ3v) is 4.31. The van der Waals surface area contributed by atoms with Gasteiger partial charge in [-0.2, -0.15) is 0 Å². The molecule has 0 saturated carbocycles. The number of carboxylic acid groups (broad SMARTS) is 1. The van der Waals surface area contributed by atoms with Gasteiger partial charge in [0.1, 0.15) is 12.1 Å². The number of para-hydroxylation sites is 1. The molecule has 0 unspecified atom stereocenters. The molecular weight excluding hydrogens is 388 g/mol. The lowest BCUT2D eigenvalue weighted by atomic mass is 10.1. The SMILES string of the molecule is CC(C)(C)OC(=O)Cn1c(=O)n(-c2ccc(CC(=O)O)cc2)c(=O)c2ccccc21. The van der Waals surface area contributed by atoms with Crippen LogP contribution >= 0.6 is 0 Å². The van der Waals surface area contributed by atoms with Gasteiger partial charge in [0.05, 0.1) is 23.0 Å². The second kappa shape index (κ2) is 7.98. The number of benzene rings is 2. The van der Waals surface area contributed by atoms with Gasteiger partial charge in [-0.25, -0.2) is 9.36 Å². The summed E-state index contributed by atoms with van der Waals surface area (Å²) in [7, 11) is 0. The van der Waals surface area contributed by atoms with Gasteiger partial charge in [0, 0.05) is 0 Å². The molecule has 0 aliphatic rings. The maximum atomic E-state index is 13.2. The Labute approximate surface area is 172 Å². The zero-order valence-corrected chi connectivity index (χ0v) is 16.9. The molecule has 1 aromatic heterocycles. The lowest BCUT2D eigenvalue weighted by Crippen LogP contribution is -2.41. The van der Waals surface area contributed by atoms with Crippen molar-refractivity contribution in [3.8, 4) is 5.69 Å². The molecular formula is C22H22N2O6. The van der Waals surface area contributed by atoms with Crippen molar-refractivity contribution in [2.24, 2.45) is 0 Å². The van der Waals surface area contributed by atoms with Gasteiger partial charge in [0.15, 0.2) is 0 Å². The summed E-state index contributed by atoms with van der Waals surface area (Å²) in [5.41, 5.74) is -0.781. The first kappa shape index (κ1) is 21.0. The van der Waals surface area contributed by atoms with E-state index in [1.165, 1.54) is 16.7 Å². The number of aromatic nitrogens is 2. The molecule has 0 aliphatic heterocycles. The van der Waals surface area contributed by atoms with Crippen LogP contribution in [0.1, 0.15) is 26.3 Å². The van der Waals surface area contributed by atoms with Crippen molar-refractivity contribution in [2.75, 3.05) is 0 Å². The van der Waals surface area contributed by atoms with Gasteiger partial charge in [0.2, 0.25) is 0 Å². The standard InChI is InChI=1S/C22H22N2O6/c1-22(2,3)30-19(27)13-23-17-7-5-4-6-16(17)20(28)24(21(23)29)15-10-8-14(9-11-15)12-18(25)26/h4-11H,12-13H2,1-3H3,(H,25,26). The normalized spacial score (nSPS) is 11.4. The molecule has 156 valence electrons. The first-order valence-electron chi connectivity index (χ1n) is 9.34. The van der Waals surface area contributed by atoms with Crippen molar-refractivity contribution >= 4 is 22.8 Å². The van der Waals surface area contributed by atoms with E-state index in [2.05, 4.69) is 0 Å². The minimum absolute atomic E-state index is 0.171. The molecule has 1 N–H and O–H groups in total. The first-order valence-corrected chi connectivity index (χ1v) is 9.34. The van der Waals surface area contributed by atoms with Crippen molar-refractivity contribution in [2.45, 2.75) is 39.3 Å². The number of rotatable bonds is 5. The highest BCUT2D eigenvalue weighted by Crippen LogP contribution is 2.13. The molecule has 8 heteroatoms. The Kier molecular flexibility index (Phi) is 5.60. The predicted octanol–water partition coefficient (Wildman–Crippen LogP) is 2.12. The maximum absolute atomic E-state index is 13.2. The van der Waals surface area contributed by atoms with Crippen molar-refractivity contribution in [3.63, 3.8) is 0 Å². The number of esters is 1. The van der Waals surface area contributed by atoms with Gasteiger partial charge < -0.3 is 9.84 Å². The van der Waals surface area contributed by atoms with E-state index in [0.717, 1.165) is 4.57 Å². The summed E-state index contributed by atoms with van der Waals surface area (Å²) in [6.07, 6.45) is -0.171. The Morgan fingerprint density at radius 2 is 1.63 bits per heavy atom. The Balaban J connectivity index is 2.16. The molecule has 0 saturated heterocycles. The number of nitrogens with zero attached hydrogens (tertiary/aromatic N) is 2. The van der Waals surface area contributed by atoms with Crippen molar-refractivity contribution in [3.05, 3.63) is 74.9 Å². The lowest BCUT2D eigenvalue weighted by molar-refractivity contribution is -0.155. The molecule has 0 aliphatic carbocycles. The quantitative estimate of drug-likeness (QED) is 0.646. The zero-order valence-electron chi connectivity index (χ0n) is 16.9. The summed E-state index contributed by atoms with van der Waals surface area (Å²) < 4.78 is 7.51. The summed E-state index contributed by atoms with van der Waals surface area (Å²) in [6.45, 7) is 4.83. The number of carbonyl (C=O) groups is 2. The van der Waals surface area contributed by atoms with Gasteiger partial charge in [0.25, 0.3) is 5.56 Å². The minimum atomic E-state index is -0.981. The number of fused-ring (bicyclic) bond motifs is 1. The molecule has 0 bridgehead atoms. The first-order chi connectivity index (χ1) is 14.1. The van der Waals surface area contributed by atoms with E-state index in [-0.39, 0.29) is 24.0 Å². The summed E-state index contributed by atoms with van der Waals surface area (Å²) in [6, 6.07) is 12.6. The fourth-order valence-corrected chi connectivity index (χ4v) is 3.14. The molecule has 0 radical (unpaired) electrons. The van der Waals surface area contributed by atoms with Gasteiger partial charge in [-0.15, -0.1) is 0 Å². The van der Waals surface area contributed by atoms with Crippen LogP contribution in [-0.2, 0) is 27.3 Å². The minimum Gasteiger partial charge on any atom is -0.481 e. The molecule has 3 aromatic rings. The van der Waals surface area contributed by atoms with Crippen molar-refractivity contribution in [1.82, 2.24) is 9.13 Å². The summed E-state index contributed by atoms with van der Waals surface area (Å²) in [5.74, 6) is -1.58. The highest BCUT2D eigenvalue weighted by atomic mass is 16.6. The van der Waals surface area contributed by atoms with E-state index in [1.54, 1.807) is 57.2 Å². The van der Waals surface area contributed by atoms with Crippen LogP contribution in [0.4, 0.5) is 0 Å².